The summed E-state index contributed by atoms with van der Waals surface area (Å²) < 4.78 is 5.14. The second kappa shape index (κ2) is 11.2. The van der Waals surface area contributed by atoms with Crippen molar-refractivity contribution in [2.75, 3.05) is 52.4 Å². The highest BCUT2D eigenvalue weighted by molar-refractivity contribution is 6.00. The van der Waals surface area contributed by atoms with Crippen LogP contribution in [0.3, 0.4) is 0 Å². The lowest BCUT2D eigenvalue weighted by Crippen LogP contribution is -2.51. The van der Waals surface area contributed by atoms with E-state index in [1.165, 1.54) is 0 Å². The average Bonchev–Trinajstić information content (AvgIpc) is 3.12. The minimum Gasteiger partial charge on any atom is -0.462 e. The third-order valence-corrected chi connectivity index (χ3v) is 7.28. The molecule has 2 aliphatic rings. The molecule has 1 aromatic heterocycles. The van der Waals surface area contributed by atoms with Crippen molar-refractivity contribution in [2.45, 2.75) is 53.9 Å². The van der Waals surface area contributed by atoms with E-state index in [4.69, 9.17) is 4.74 Å². The molecule has 2 aliphatic heterocycles. The molecule has 0 bridgehead atoms. The number of hydrogen-bond acceptors (Lipinski definition) is 5. The van der Waals surface area contributed by atoms with Gasteiger partial charge in [0, 0.05) is 50.9 Å². The van der Waals surface area contributed by atoms with Crippen molar-refractivity contribution in [1.82, 2.24) is 19.7 Å². The molecule has 3 rings (SSSR count). The van der Waals surface area contributed by atoms with Crippen molar-refractivity contribution in [2.24, 2.45) is 11.8 Å². The summed E-state index contributed by atoms with van der Waals surface area (Å²) in [5.41, 5.74) is 2.21. The molecule has 2 saturated heterocycles. The van der Waals surface area contributed by atoms with Gasteiger partial charge in [-0.2, -0.15) is 0 Å². The van der Waals surface area contributed by atoms with Crippen LogP contribution in [0.2, 0.25) is 0 Å². The van der Waals surface area contributed by atoms with Gasteiger partial charge in [-0.25, -0.2) is 4.79 Å². The number of nitrogens with zero attached hydrogens (tertiary/aromatic N) is 3. The predicted molar refractivity (Wildman–Crippen MR) is 127 cm³/mol. The quantitative estimate of drug-likeness (QED) is 0.633. The molecule has 0 spiro atoms. The second-order valence-corrected chi connectivity index (χ2v) is 9.43. The summed E-state index contributed by atoms with van der Waals surface area (Å²) in [6.45, 7) is 15.8. The Morgan fingerprint density at radius 1 is 1.00 bits per heavy atom. The number of aryl methyl sites for hydroxylation is 1. The molecule has 0 radical (unpaired) electrons. The van der Waals surface area contributed by atoms with Crippen LogP contribution in [-0.2, 0) is 9.53 Å². The number of likely N-dealkylation sites (tertiary alicyclic amines) is 1. The van der Waals surface area contributed by atoms with Gasteiger partial charge >= 0.3 is 5.97 Å². The Hall–Kier alpha value is -2.35. The normalized spacial score (nSPS) is 18.9. The van der Waals surface area contributed by atoms with Crippen molar-refractivity contribution in [3.63, 3.8) is 0 Å². The van der Waals surface area contributed by atoms with Crippen molar-refractivity contribution in [3.05, 3.63) is 22.5 Å². The number of piperidine rings is 1. The van der Waals surface area contributed by atoms with Crippen LogP contribution in [0.1, 0.15) is 72.1 Å². The maximum absolute atomic E-state index is 13.2. The van der Waals surface area contributed by atoms with E-state index < -0.39 is 5.97 Å². The molecule has 8 nitrogen and oxygen atoms in total. The number of piperazine rings is 1. The van der Waals surface area contributed by atoms with Crippen LogP contribution in [0.4, 0.5) is 0 Å². The number of H-pyrrole nitrogens is 1. The molecular weight excluding hydrogens is 420 g/mol. The van der Waals surface area contributed by atoms with Crippen LogP contribution in [0, 0.1) is 25.7 Å². The van der Waals surface area contributed by atoms with Gasteiger partial charge in [-0.05, 0) is 58.1 Å². The number of esters is 1. The number of rotatable bonds is 7. The van der Waals surface area contributed by atoms with E-state index in [1.807, 2.05) is 16.7 Å². The minimum atomic E-state index is -0.399. The van der Waals surface area contributed by atoms with E-state index in [-0.39, 0.29) is 23.7 Å². The summed E-state index contributed by atoms with van der Waals surface area (Å²) in [5, 5.41) is 0. The Bertz CT molecular complexity index is 849. The fourth-order valence-electron chi connectivity index (χ4n) is 5.23. The number of aromatic nitrogens is 1. The fourth-order valence-corrected chi connectivity index (χ4v) is 5.23. The van der Waals surface area contributed by atoms with Crippen LogP contribution >= 0.6 is 0 Å². The number of amides is 2. The second-order valence-electron chi connectivity index (χ2n) is 9.43. The molecule has 0 aliphatic carbocycles. The zero-order valence-electron chi connectivity index (χ0n) is 20.9. The Balaban J connectivity index is 1.55. The molecule has 184 valence electrons. The molecule has 1 aromatic rings. The van der Waals surface area contributed by atoms with Crippen LogP contribution in [0.15, 0.2) is 0 Å². The van der Waals surface area contributed by atoms with E-state index in [0.717, 1.165) is 52.0 Å². The number of carbonyl (C=O) groups excluding carboxylic acids is 3. The van der Waals surface area contributed by atoms with Gasteiger partial charge in [-0.15, -0.1) is 0 Å². The molecule has 3 heterocycles. The predicted octanol–water partition coefficient (Wildman–Crippen LogP) is 2.85. The first kappa shape index (κ1) is 25.3. The summed E-state index contributed by atoms with van der Waals surface area (Å²) in [7, 11) is 0. The van der Waals surface area contributed by atoms with Gasteiger partial charge in [-0.1, -0.05) is 13.8 Å². The van der Waals surface area contributed by atoms with Crippen molar-refractivity contribution in [1.29, 1.82) is 0 Å². The number of ether oxygens (including phenoxy) is 1. The lowest BCUT2D eigenvalue weighted by molar-refractivity contribution is -0.139. The molecule has 2 fully saturated rings. The standard InChI is InChI=1S/C25H40N4O4/c1-6-10-27-13-15-29(16-14-27)23(30)17(3)20-8-11-28(12-9-20)24(31)22-18(4)21(19(5)26-22)25(32)33-7-2/h17,20,26H,6-16H2,1-5H3/t17-/m1/s1. The van der Waals surface area contributed by atoms with Crippen molar-refractivity contribution in [3.8, 4) is 0 Å². The van der Waals surface area contributed by atoms with E-state index in [9.17, 15) is 14.4 Å². The Kier molecular flexibility index (Phi) is 8.57. The van der Waals surface area contributed by atoms with Crippen LogP contribution in [0.5, 0.6) is 0 Å². The first-order valence-electron chi connectivity index (χ1n) is 12.4. The molecule has 0 aromatic carbocycles. The molecule has 33 heavy (non-hydrogen) atoms. The van der Waals surface area contributed by atoms with Crippen LogP contribution < -0.4 is 0 Å². The minimum absolute atomic E-state index is 0.0233. The third-order valence-electron chi connectivity index (χ3n) is 7.28. The monoisotopic (exact) mass is 460 g/mol. The maximum atomic E-state index is 13.2. The summed E-state index contributed by atoms with van der Waals surface area (Å²) >= 11 is 0. The lowest BCUT2D eigenvalue weighted by atomic mass is 9.84. The highest BCUT2D eigenvalue weighted by Crippen LogP contribution is 2.29. The first-order valence-corrected chi connectivity index (χ1v) is 12.4. The van der Waals surface area contributed by atoms with Gasteiger partial charge in [0.15, 0.2) is 0 Å². The Morgan fingerprint density at radius 3 is 2.21 bits per heavy atom. The zero-order chi connectivity index (χ0) is 24.1. The summed E-state index contributed by atoms with van der Waals surface area (Å²) in [4.78, 5) is 47.9. The molecule has 1 N–H and O–H groups in total. The first-order chi connectivity index (χ1) is 15.8. The van der Waals surface area contributed by atoms with Crippen molar-refractivity contribution >= 4 is 17.8 Å². The highest BCUT2D eigenvalue weighted by atomic mass is 16.5. The Morgan fingerprint density at radius 2 is 1.64 bits per heavy atom. The molecular formula is C25H40N4O4. The van der Waals surface area contributed by atoms with E-state index in [1.54, 1.807) is 20.8 Å². The summed E-state index contributed by atoms with van der Waals surface area (Å²) in [5.74, 6) is 0.0347. The van der Waals surface area contributed by atoms with Gasteiger partial charge in [-0.3, -0.25) is 14.5 Å². The average molecular weight is 461 g/mol. The molecule has 0 unspecified atom stereocenters. The molecule has 2 amide bonds. The topological polar surface area (TPSA) is 86.0 Å². The number of nitrogens with one attached hydrogen (secondary N) is 1. The van der Waals surface area contributed by atoms with Crippen LogP contribution in [-0.4, -0.2) is 89.9 Å². The largest absolute Gasteiger partial charge is 0.462 e. The molecule has 1 atom stereocenters. The maximum Gasteiger partial charge on any atom is 0.340 e. The summed E-state index contributed by atoms with van der Waals surface area (Å²) in [6, 6.07) is 0. The fraction of sp³-hybridized carbons (Fsp3) is 0.720. The molecule has 8 heteroatoms. The van der Waals surface area contributed by atoms with Gasteiger partial charge in [0.05, 0.1) is 12.2 Å². The molecule has 0 saturated carbocycles. The van der Waals surface area contributed by atoms with Gasteiger partial charge in [0.1, 0.15) is 5.69 Å². The Labute approximate surface area is 197 Å². The van der Waals surface area contributed by atoms with E-state index >= 15 is 0 Å². The SMILES string of the molecule is CCCN1CCN(C(=O)[C@H](C)C2CCN(C(=O)c3[nH]c(C)c(C(=O)OCC)c3C)CC2)CC1. The van der Waals surface area contributed by atoms with E-state index in [0.29, 0.717) is 42.2 Å². The van der Waals surface area contributed by atoms with Gasteiger partial charge in [0.25, 0.3) is 5.91 Å². The number of carbonyl (C=O) groups is 3. The number of hydrogen-bond donors (Lipinski definition) is 1. The summed E-state index contributed by atoms with van der Waals surface area (Å²) in [6.07, 6.45) is 2.78. The van der Waals surface area contributed by atoms with Gasteiger partial charge in [0.2, 0.25) is 5.91 Å². The van der Waals surface area contributed by atoms with E-state index in [2.05, 4.69) is 16.8 Å². The van der Waals surface area contributed by atoms with Gasteiger partial charge < -0.3 is 19.5 Å². The van der Waals surface area contributed by atoms with Crippen molar-refractivity contribution < 1.29 is 19.1 Å². The third kappa shape index (κ3) is 5.60. The van der Waals surface area contributed by atoms with Crippen LogP contribution in [0.25, 0.3) is 0 Å². The number of aromatic amines is 1. The zero-order valence-corrected chi connectivity index (χ0v) is 20.9. The highest BCUT2D eigenvalue weighted by Gasteiger charge is 2.34. The lowest BCUT2D eigenvalue weighted by Gasteiger charge is -2.39. The smallest absolute Gasteiger partial charge is 0.340 e.